The number of nitrogens with two attached hydrogens (primary N) is 1. The van der Waals surface area contributed by atoms with E-state index in [2.05, 4.69) is 25.8 Å². The minimum atomic E-state index is 0.372. The molecule has 108 valence electrons. The second-order valence-electron chi connectivity index (χ2n) is 6.74. The van der Waals surface area contributed by atoms with Crippen molar-refractivity contribution in [2.45, 2.75) is 71.3 Å². The summed E-state index contributed by atoms with van der Waals surface area (Å²) in [4.78, 5) is 2.56. The third kappa shape index (κ3) is 7.38. The molecule has 1 rings (SSSR count). The highest BCUT2D eigenvalue weighted by Gasteiger charge is 2.16. The number of rotatable bonds is 8. The zero-order chi connectivity index (χ0) is 13.4. The van der Waals surface area contributed by atoms with E-state index in [0.29, 0.717) is 6.04 Å². The average Bonchev–Trinajstić information content (AvgIpc) is 2.29. The van der Waals surface area contributed by atoms with E-state index in [4.69, 9.17) is 5.73 Å². The first-order valence-corrected chi connectivity index (χ1v) is 8.02. The Bertz CT molecular complexity index is 197. The lowest BCUT2D eigenvalue weighted by Crippen LogP contribution is -2.30. The molecule has 1 aliphatic carbocycles. The molecule has 2 nitrogen and oxygen atoms in total. The summed E-state index contributed by atoms with van der Waals surface area (Å²) in [6.07, 6.45) is 11.1. The topological polar surface area (TPSA) is 29.3 Å². The number of hydrogen-bond acceptors (Lipinski definition) is 2. The van der Waals surface area contributed by atoms with Gasteiger partial charge in [-0.3, -0.25) is 0 Å². The maximum absolute atomic E-state index is 5.79. The van der Waals surface area contributed by atoms with Crippen molar-refractivity contribution in [1.82, 2.24) is 4.90 Å². The molecule has 1 saturated carbocycles. The second-order valence-corrected chi connectivity index (χ2v) is 6.74. The van der Waals surface area contributed by atoms with Crippen LogP contribution < -0.4 is 5.73 Å². The molecule has 0 aromatic rings. The Morgan fingerprint density at radius 3 is 2.39 bits per heavy atom. The van der Waals surface area contributed by atoms with Crippen LogP contribution in [0.5, 0.6) is 0 Å². The van der Waals surface area contributed by atoms with E-state index in [1.54, 1.807) is 0 Å². The molecular formula is C16H34N2. The Kier molecular flexibility index (Phi) is 7.92. The molecule has 0 aliphatic heterocycles. The predicted molar refractivity (Wildman–Crippen MR) is 80.7 cm³/mol. The highest BCUT2D eigenvalue weighted by atomic mass is 15.1. The van der Waals surface area contributed by atoms with E-state index in [0.717, 1.165) is 11.8 Å². The Hall–Kier alpha value is -0.0800. The summed E-state index contributed by atoms with van der Waals surface area (Å²) in [7, 11) is 2.30. The Labute approximate surface area is 114 Å². The van der Waals surface area contributed by atoms with Crippen molar-refractivity contribution in [3.8, 4) is 0 Å². The number of hydrogen-bond donors (Lipinski definition) is 1. The van der Waals surface area contributed by atoms with Gasteiger partial charge in [0.15, 0.2) is 0 Å². The standard InChI is InChI=1S/C16H34N2/c1-14(8-7-9-15(2)17)12-18(3)13-16-10-5-4-6-11-16/h14-16H,4-13,17H2,1-3H3. The molecule has 1 aliphatic rings. The minimum Gasteiger partial charge on any atom is -0.328 e. The van der Waals surface area contributed by atoms with Gasteiger partial charge in [0.1, 0.15) is 0 Å². The van der Waals surface area contributed by atoms with E-state index >= 15 is 0 Å². The summed E-state index contributed by atoms with van der Waals surface area (Å²) in [6.45, 7) is 7.07. The molecule has 2 atom stereocenters. The van der Waals surface area contributed by atoms with Gasteiger partial charge in [-0.05, 0) is 51.5 Å². The van der Waals surface area contributed by atoms with Gasteiger partial charge in [0.2, 0.25) is 0 Å². The maximum atomic E-state index is 5.79. The predicted octanol–water partition coefficient (Wildman–Crippen LogP) is 3.65. The highest BCUT2D eigenvalue weighted by molar-refractivity contribution is 4.70. The van der Waals surface area contributed by atoms with Gasteiger partial charge in [-0.1, -0.05) is 32.6 Å². The molecular weight excluding hydrogens is 220 g/mol. The molecule has 0 radical (unpaired) electrons. The van der Waals surface area contributed by atoms with Crippen molar-refractivity contribution in [3.63, 3.8) is 0 Å². The molecule has 18 heavy (non-hydrogen) atoms. The smallest absolute Gasteiger partial charge is 0.00104 e. The van der Waals surface area contributed by atoms with E-state index in [1.807, 2.05) is 0 Å². The van der Waals surface area contributed by atoms with Gasteiger partial charge < -0.3 is 10.6 Å². The molecule has 2 N–H and O–H groups in total. The number of nitrogens with zero attached hydrogens (tertiary/aromatic N) is 1. The van der Waals surface area contributed by atoms with E-state index < -0.39 is 0 Å². The lowest BCUT2D eigenvalue weighted by molar-refractivity contribution is 0.207. The largest absolute Gasteiger partial charge is 0.328 e. The molecule has 0 amide bonds. The fourth-order valence-electron chi connectivity index (χ4n) is 3.30. The normalized spacial score (nSPS) is 21.2. The fourth-order valence-corrected chi connectivity index (χ4v) is 3.30. The highest BCUT2D eigenvalue weighted by Crippen LogP contribution is 2.24. The maximum Gasteiger partial charge on any atom is 0.00104 e. The molecule has 0 spiro atoms. The molecule has 0 saturated heterocycles. The van der Waals surface area contributed by atoms with Gasteiger partial charge in [0, 0.05) is 19.1 Å². The summed E-state index contributed by atoms with van der Waals surface area (Å²) >= 11 is 0. The quantitative estimate of drug-likeness (QED) is 0.716. The summed E-state index contributed by atoms with van der Waals surface area (Å²) in [6, 6.07) is 0.372. The minimum absolute atomic E-state index is 0.372. The van der Waals surface area contributed by atoms with Gasteiger partial charge in [0.05, 0.1) is 0 Å². The van der Waals surface area contributed by atoms with Crippen molar-refractivity contribution in [3.05, 3.63) is 0 Å². The summed E-state index contributed by atoms with van der Waals surface area (Å²) in [5.74, 6) is 1.79. The van der Waals surface area contributed by atoms with Crippen molar-refractivity contribution < 1.29 is 0 Å². The molecule has 0 heterocycles. The Morgan fingerprint density at radius 2 is 1.78 bits per heavy atom. The third-order valence-corrected chi connectivity index (χ3v) is 4.27. The van der Waals surface area contributed by atoms with Crippen LogP contribution in [0.2, 0.25) is 0 Å². The van der Waals surface area contributed by atoms with E-state index in [-0.39, 0.29) is 0 Å². The lowest BCUT2D eigenvalue weighted by Gasteiger charge is -2.28. The average molecular weight is 254 g/mol. The van der Waals surface area contributed by atoms with Crippen LogP contribution in [0, 0.1) is 11.8 Å². The van der Waals surface area contributed by atoms with Crippen molar-refractivity contribution in [2.75, 3.05) is 20.1 Å². The van der Waals surface area contributed by atoms with Gasteiger partial charge in [-0.15, -0.1) is 0 Å². The van der Waals surface area contributed by atoms with E-state index in [1.165, 1.54) is 64.5 Å². The van der Waals surface area contributed by atoms with Crippen molar-refractivity contribution in [1.29, 1.82) is 0 Å². The first-order valence-electron chi connectivity index (χ1n) is 8.02. The van der Waals surface area contributed by atoms with Crippen LogP contribution in [-0.2, 0) is 0 Å². The SMILES string of the molecule is CC(N)CCCC(C)CN(C)CC1CCCCC1. The monoisotopic (exact) mass is 254 g/mol. The van der Waals surface area contributed by atoms with Crippen LogP contribution in [-0.4, -0.2) is 31.1 Å². The van der Waals surface area contributed by atoms with Crippen LogP contribution in [0.3, 0.4) is 0 Å². The van der Waals surface area contributed by atoms with Crippen LogP contribution in [0.25, 0.3) is 0 Å². The van der Waals surface area contributed by atoms with Crippen LogP contribution in [0.4, 0.5) is 0 Å². The van der Waals surface area contributed by atoms with E-state index in [9.17, 15) is 0 Å². The first-order chi connectivity index (χ1) is 8.58. The van der Waals surface area contributed by atoms with Gasteiger partial charge in [-0.25, -0.2) is 0 Å². The summed E-state index contributed by atoms with van der Waals surface area (Å²) in [5, 5.41) is 0. The van der Waals surface area contributed by atoms with Gasteiger partial charge in [0.25, 0.3) is 0 Å². The molecule has 0 bridgehead atoms. The van der Waals surface area contributed by atoms with Crippen LogP contribution >= 0.6 is 0 Å². The zero-order valence-corrected chi connectivity index (χ0v) is 12.8. The molecule has 0 aromatic heterocycles. The molecule has 2 heteroatoms. The Balaban J connectivity index is 2.08. The van der Waals surface area contributed by atoms with Crippen molar-refractivity contribution >= 4 is 0 Å². The van der Waals surface area contributed by atoms with Crippen LogP contribution in [0.15, 0.2) is 0 Å². The molecule has 0 aromatic carbocycles. The lowest BCUT2D eigenvalue weighted by atomic mass is 9.89. The zero-order valence-electron chi connectivity index (χ0n) is 12.8. The summed E-state index contributed by atoms with van der Waals surface area (Å²) < 4.78 is 0. The van der Waals surface area contributed by atoms with Crippen LogP contribution in [0.1, 0.15) is 65.2 Å². The second kappa shape index (κ2) is 8.92. The summed E-state index contributed by atoms with van der Waals surface area (Å²) in [5.41, 5.74) is 5.79. The van der Waals surface area contributed by atoms with Gasteiger partial charge in [-0.2, -0.15) is 0 Å². The Morgan fingerprint density at radius 1 is 1.11 bits per heavy atom. The molecule has 2 unspecified atom stereocenters. The molecule has 1 fully saturated rings. The first kappa shape index (κ1) is 16.0. The van der Waals surface area contributed by atoms with Crippen molar-refractivity contribution in [2.24, 2.45) is 17.6 Å². The third-order valence-electron chi connectivity index (χ3n) is 4.27. The van der Waals surface area contributed by atoms with Gasteiger partial charge >= 0.3 is 0 Å². The fraction of sp³-hybridized carbons (Fsp3) is 1.00.